The van der Waals surface area contributed by atoms with Gasteiger partial charge in [0, 0.05) is 36.7 Å². The lowest BCUT2D eigenvalue weighted by Gasteiger charge is -2.21. The van der Waals surface area contributed by atoms with Crippen LogP contribution >= 0.6 is 0 Å². The van der Waals surface area contributed by atoms with E-state index in [4.69, 9.17) is 4.42 Å². The van der Waals surface area contributed by atoms with Gasteiger partial charge < -0.3 is 20.2 Å². The van der Waals surface area contributed by atoms with E-state index in [0.717, 1.165) is 73.1 Å². The summed E-state index contributed by atoms with van der Waals surface area (Å²) in [5.74, 6) is 0. The summed E-state index contributed by atoms with van der Waals surface area (Å²) < 4.78 is 35.2. The first-order valence-electron chi connectivity index (χ1n) is 14.7. The molecule has 0 fully saturated rings. The van der Waals surface area contributed by atoms with Crippen LogP contribution in [0.15, 0.2) is 82.6 Å². The summed E-state index contributed by atoms with van der Waals surface area (Å²) >= 11 is 0. The lowest BCUT2D eigenvalue weighted by atomic mass is 10.1. The quantitative estimate of drug-likeness (QED) is 0.154. The number of rotatable bonds is 15. The predicted molar refractivity (Wildman–Crippen MR) is 165 cm³/mol. The number of hydrogen-bond donors (Lipinski definition) is 3. The normalized spacial score (nSPS) is 13.5. The van der Waals surface area contributed by atoms with Gasteiger partial charge in [-0.1, -0.05) is 44.4 Å². The summed E-state index contributed by atoms with van der Waals surface area (Å²) in [7, 11) is -4.01. The van der Waals surface area contributed by atoms with Crippen molar-refractivity contribution in [1.29, 1.82) is 0 Å². The van der Waals surface area contributed by atoms with Crippen LogP contribution in [0, 0.1) is 0 Å². The third-order valence-corrected chi connectivity index (χ3v) is 9.19. The summed E-state index contributed by atoms with van der Waals surface area (Å²) in [6.45, 7) is 4.03. The van der Waals surface area contributed by atoms with E-state index in [-0.39, 0.29) is 10.9 Å². The minimum atomic E-state index is -4.01. The molecule has 3 N–H and O–H groups in total. The highest BCUT2D eigenvalue weighted by Gasteiger charge is 2.31. The second kappa shape index (κ2) is 14.0. The molecule has 1 aliphatic heterocycles. The van der Waals surface area contributed by atoms with E-state index in [1.807, 2.05) is 24.3 Å². The molecule has 9 nitrogen and oxygen atoms in total. The Morgan fingerprint density at radius 3 is 2.74 bits per heavy atom. The first kappa shape index (κ1) is 29.8. The molecule has 0 radical (unpaired) electrons. The van der Waals surface area contributed by atoms with Crippen molar-refractivity contribution in [2.45, 2.75) is 62.9 Å². The predicted octanol–water partition coefficient (Wildman–Crippen LogP) is 5.55. The van der Waals surface area contributed by atoms with Crippen LogP contribution in [0.2, 0.25) is 0 Å². The van der Waals surface area contributed by atoms with Crippen molar-refractivity contribution in [3.8, 4) is 0 Å². The Labute approximate surface area is 248 Å². The van der Waals surface area contributed by atoms with Crippen molar-refractivity contribution in [2.24, 2.45) is 0 Å². The summed E-state index contributed by atoms with van der Waals surface area (Å²) in [6, 6.07) is 16.3. The van der Waals surface area contributed by atoms with Gasteiger partial charge in [-0.2, -0.15) is 9.29 Å². The van der Waals surface area contributed by atoms with Crippen LogP contribution in [0.25, 0.3) is 0 Å². The molecule has 0 amide bonds. The van der Waals surface area contributed by atoms with E-state index < -0.39 is 16.1 Å². The second-order valence-corrected chi connectivity index (χ2v) is 12.4. The number of aliphatic hydroxyl groups is 1. The molecule has 1 unspecified atom stereocenters. The van der Waals surface area contributed by atoms with E-state index in [1.165, 1.54) is 4.31 Å². The average Bonchev–Trinajstić information content (AvgIpc) is 3.68. The molecule has 3 heterocycles. The Morgan fingerprint density at radius 1 is 1.10 bits per heavy atom. The van der Waals surface area contributed by atoms with E-state index in [0.29, 0.717) is 25.2 Å². The van der Waals surface area contributed by atoms with Crippen LogP contribution in [-0.2, 0) is 29.3 Å². The van der Waals surface area contributed by atoms with Gasteiger partial charge in [-0.3, -0.25) is 4.98 Å². The van der Waals surface area contributed by atoms with Crippen molar-refractivity contribution in [3.63, 3.8) is 0 Å². The maximum atomic E-state index is 14.1. The Balaban J connectivity index is 1.32. The number of sulfonamides is 1. The Morgan fingerprint density at radius 2 is 1.95 bits per heavy atom. The first-order valence-corrected chi connectivity index (χ1v) is 16.1. The van der Waals surface area contributed by atoms with E-state index >= 15 is 0 Å². The summed E-state index contributed by atoms with van der Waals surface area (Å²) in [5, 5.41) is 16.9. The van der Waals surface area contributed by atoms with Crippen LogP contribution in [0.5, 0.6) is 0 Å². The zero-order valence-electron chi connectivity index (χ0n) is 24.0. The largest absolute Gasteiger partial charge is 0.431 e. The maximum Gasteiger partial charge on any atom is 0.316 e. The number of aliphatic hydroxyl groups excluding tert-OH is 1. The van der Waals surface area contributed by atoms with Gasteiger partial charge in [0.2, 0.25) is 0 Å². The third kappa shape index (κ3) is 7.18. The Bertz CT molecular complexity index is 1540. The monoisotopic (exact) mass is 589 g/mol. The number of aryl methyl sites for hydroxylation is 1. The molecule has 2 aromatic heterocycles. The number of hydrogen-bond acceptors (Lipinski definition) is 8. The molecule has 0 saturated carbocycles. The van der Waals surface area contributed by atoms with Crippen LogP contribution in [0.3, 0.4) is 0 Å². The summed E-state index contributed by atoms with van der Waals surface area (Å²) in [4.78, 5) is 8.86. The number of nitrogens with one attached hydrogen (secondary N) is 2. The van der Waals surface area contributed by atoms with Gasteiger partial charge in [0.15, 0.2) is 0 Å². The Kier molecular flexibility index (Phi) is 9.89. The highest BCUT2D eigenvalue weighted by Crippen LogP contribution is 2.34. The number of nitrogens with zero attached hydrogens (tertiary/aromatic N) is 3. The molecule has 10 heteroatoms. The van der Waals surface area contributed by atoms with Gasteiger partial charge in [-0.25, -0.2) is 8.42 Å². The number of benzene rings is 2. The Hall–Kier alpha value is -3.73. The van der Waals surface area contributed by atoms with Crippen LogP contribution < -0.4 is 14.9 Å². The zero-order chi connectivity index (χ0) is 29.4. The number of unbranched alkanes of at least 4 members (excludes halogenated alkanes) is 3. The highest BCUT2D eigenvalue weighted by molar-refractivity contribution is 7.93. The van der Waals surface area contributed by atoms with E-state index in [2.05, 4.69) is 27.5 Å². The van der Waals surface area contributed by atoms with Crippen LogP contribution in [-0.4, -0.2) is 43.1 Å². The number of aromatic nitrogens is 2. The molecular weight excluding hydrogens is 550 g/mol. The molecule has 0 aliphatic carbocycles. The number of pyridine rings is 1. The highest BCUT2D eigenvalue weighted by atomic mass is 32.2. The minimum absolute atomic E-state index is 0.0397. The zero-order valence-corrected chi connectivity index (χ0v) is 24.8. The SMILES string of the molecule is CCCCCCc1coc(N(c2ccc(CCNCC(O)c3cccnc3)cc2)S(=O)(=O)c2ccc3c(c2)CCN3)n1. The van der Waals surface area contributed by atoms with Crippen molar-refractivity contribution < 1.29 is 17.9 Å². The number of oxazole rings is 1. The van der Waals surface area contributed by atoms with Gasteiger partial charge in [-0.05, 0) is 79.8 Å². The first-order chi connectivity index (χ1) is 20.5. The molecule has 2 aromatic carbocycles. The average molecular weight is 590 g/mol. The fourth-order valence-corrected chi connectivity index (χ4v) is 6.53. The molecule has 0 spiro atoms. The van der Waals surface area contributed by atoms with Crippen molar-refractivity contribution >= 4 is 27.4 Å². The van der Waals surface area contributed by atoms with Gasteiger partial charge in [0.05, 0.1) is 22.4 Å². The number of fused-ring (bicyclic) bond motifs is 1. The van der Waals surface area contributed by atoms with Crippen LogP contribution in [0.1, 0.15) is 61.1 Å². The van der Waals surface area contributed by atoms with Crippen LogP contribution in [0.4, 0.5) is 17.4 Å². The van der Waals surface area contributed by atoms with E-state index in [9.17, 15) is 13.5 Å². The minimum Gasteiger partial charge on any atom is -0.431 e. The summed E-state index contributed by atoms with van der Waals surface area (Å²) in [6.07, 6.45) is 10.9. The topological polar surface area (TPSA) is 121 Å². The molecule has 42 heavy (non-hydrogen) atoms. The molecule has 4 aromatic rings. The molecule has 1 atom stereocenters. The molecule has 222 valence electrons. The molecular formula is C32H39N5O4S. The van der Waals surface area contributed by atoms with Gasteiger partial charge in [0.25, 0.3) is 10.0 Å². The molecule has 0 bridgehead atoms. The van der Waals surface area contributed by atoms with Crippen molar-refractivity contribution in [3.05, 3.63) is 95.6 Å². The molecule has 5 rings (SSSR count). The lowest BCUT2D eigenvalue weighted by Crippen LogP contribution is -2.27. The molecule has 1 aliphatic rings. The fourth-order valence-electron chi connectivity index (χ4n) is 5.10. The maximum absolute atomic E-state index is 14.1. The van der Waals surface area contributed by atoms with Gasteiger partial charge in [-0.15, -0.1) is 0 Å². The standard InChI is InChI=1S/C32H39N5O4S/c1-2-3-4-5-8-27-23-41-32(36-27)37(42(39,40)29-13-14-30-25(20-29)16-19-35-30)28-11-9-24(10-12-28)15-18-34-22-31(38)26-7-6-17-33-21-26/h6-7,9-14,17,20-21,23,31,34-35,38H,2-5,8,15-16,18-19,22H2,1H3. The third-order valence-electron chi connectivity index (χ3n) is 7.49. The second-order valence-electron chi connectivity index (χ2n) is 10.6. The van der Waals surface area contributed by atoms with Crippen molar-refractivity contribution in [2.75, 3.05) is 29.3 Å². The molecule has 0 saturated heterocycles. The van der Waals surface area contributed by atoms with Crippen molar-refractivity contribution in [1.82, 2.24) is 15.3 Å². The number of anilines is 3. The van der Waals surface area contributed by atoms with Gasteiger partial charge in [0.1, 0.15) is 6.26 Å². The summed E-state index contributed by atoms with van der Waals surface area (Å²) in [5.41, 5.74) is 4.96. The fraction of sp³-hybridized carbons (Fsp3) is 0.375. The van der Waals surface area contributed by atoms with E-state index in [1.54, 1.807) is 49.0 Å². The lowest BCUT2D eigenvalue weighted by molar-refractivity contribution is 0.174. The smallest absolute Gasteiger partial charge is 0.316 e. The van der Waals surface area contributed by atoms with Gasteiger partial charge >= 0.3 is 6.01 Å².